The fourth-order valence-electron chi connectivity index (χ4n) is 1.10. The maximum absolute atomic E-state index is 10.0. The lowest BCUT2D eigenvalue weighted by Crippen LogP contribution is -2.03. The molecule has 2 aromatic rings. The first-order valence-corrected chi connectivity index (χ1v) is 7.85. The molecule has 1 aromatic heterocycles. The van der Waals surface area contributed by atoms with E-state index in [2.05, 4.69) is 0 Å². The second-order valence-corrected chi connectivity index (χ2v) is 7.32. The summed E-state index contributed by atoms with van der Waals surface area (Å²) in [6, 6.07) is 12.8. The van der Waals surface area contributed by atoms with Gasteiger partial charge in [-0.25, -0.2) is 0 Å². The van der Waals surface area contributed by atoms with Crippen molar-refractivity contribution >= 4 is 34.3 Å². The molecule has 0 aliphatic heterocycles. The van der Waals surface area contributed by atoms with E-state index in [1.807, 2.05) is 29.6 Å². The third-order valence-electron chi connectivity index (χ3n) is 1.76. The predicted molar refractivity (Wildman–Crippen MR) is 67.5 cm³/mol. The first-order chi connectivity index (χ1) is 7.18. The summed E-state index contributed by atoms with van der Waals surface area (Å²) in [6.07, 6.45) is 0. The number of rotatable bonds is 3. The highest BCUT2D eigenvalue weighted by molar-refractivity contribution is 8.14. The molecule has 0 aliphatic rings. The second-order valence-electron chi connectivity index (χ2n) is 2.88. The van der Waals surface area contributed by atoms with Crippen molar-refractivity contribution in [2.75, 3.05) is 0 Å². The lowest BCUT2D eigenvalue weighted by molar-refractivity contribution is 0.497. The minimum atomic E-state index is -2.87. The summed E-state index contributed by atoms with van der Waals surface area (Å²) in [5, 5.41) is 1.88. The smallest absolute Gasteiger partial charge is 0.276 e. The zero-order valence-electron chi connectivity index (χ0n) is 7.74. The van der Waals surface area contributed by atoms with Crippen molar-refractivity contribution in [3.63, 3.8) is 0 Å². The van der Waals surface area contributed by atoms with Gasteiger partial charge >= 0.3 is 0 Å². The topological polar surface area (TPSA) is 29.5 Å². The molecule has 2 nitrogen and oxygen atoms in total. The van der Waals surface area contributed by atoms with Gasteiger partial charge in [0.2, 0.25) is 0 Å². The van der Waals surface area contributed by atoms with Crippen LogP contribution in [-0.2, 0) is 11.8 Å². The van der Waals surface area contributed by atoms with Crippen molar-refractivity contribution in [2.45, 2.75) is 0 Å². The maximum atomic E-state index is 10.0. The van der Waals surface area contributed by atoms with Crippen LogP contribution in [0, 0.1) is 0 Å². The van der Waals surface area contributed by atoms with Gasteiger partial charge in [0.15, 0.2) is 0 Å². The molecular weight excluding hydrogens is 247 g/mol. The Balaban J connectivity index is 2.23. The zero-order chi connectivity index (χ0) is 10.7. The fraction of sp³-hybridized carbons (Fsp3) is 0. The minimum absolute atomic E-state index is 0.608. The molecule has 0 saturated heterocycles. The fourth-order valence-corrected chi connectivity index (χ4v) is 3.98. The average molecular weight is 256 g/mol. The highest BCUT2D eigenvalue weighted by Crippen LogP contribution is 2.43. The molecule has 5 heteroatoms. The summed E-state index contributed by atoms with van der Waals surface area (Å²) in [7, 11) is 0. The number of hydrogen-bond donors (Lipinski definition) is 1. The van der Waals surface area contributed by atoms with Gasteiger partial charge in [0.25, 0.3) is 6.49 Å². The second kappa shape index (κ2) is 4.45. The van der Waals surface area contributed by atoms with Crippen molar-refractivity contribution in [1.82, 2.24) is 0 Å². The molecule has 15 heavy (non-hydrogen) atoms. The molecule has 2 rings (SSSR count). The van der Waals surface area contributed by atoms with Crippen LogP contribution >= 0.6 is 17.8 Å². The summed E-state index contributed by atoms with van der Waals surface area (Å²) in [5.74, 6) is 0.608. The Morgan fingerprint density at radius 2 is 1.87 bits per heavy atom. The highest BCUT2D eigenvalue weighted by atomic mass is 32.5. The number of thiophene rings is 1. The third-order valence-corrected chi connectivity index (χ3v) is 5.81. The Hall–Kier alpha value is -0.670. The lowest BCUT2D eigenvalue weighted by Gasteiger charge is -2.14. The van der Waals surface area contributed by atoms with Crippen LogP contribution < -0.4 is 9.14 Å². The molecule has 0 radical (unpaired) electrons. The van der Waals surface area contributed by atoms with Gasteiger partial charge in [-0.3, -0.25) is 0 Å². The van der Waals surface area contributed by atoms with Gasteiger partial charge in [0.1, 0.15) is 5.75 Å². The van der Waals surface area contributed by atoms with Crippen LogP contribution in [0.3, 0.4) is 0 Å². The molecule has 1 N–H and O–H groups in total. The molecule has 1 unspecified atom stereocenters. The van der Waals surface area contributed by atoms with E-state index in [4.69, 9.17) is 16.3 Å². The third kappa shape index (κ3) is 2.67. The normalized spacial score (nSPS) is 14.5. The van der Waals surface area contributed by atoms with E-state index in [-0.39, 0.29) is 0 Å². The first kappa shape index (κ1) is 10.8. The largest absolute Gasteiger partial charge is 0.440 e. The van der Waals surface area contributed by atoms with E-state index >= 15 is 0 Å². The van der Waals surface area contributed by atoms with Crippen molar-refractivity contribution in [3.8, 4) is 5.75 Å². The van der Waals surface area contributed by atoms with Crippen molar-refractivity contribution < 1.29 is 9.42 Å². The molecule has 0 aliphatic carbocycles. The van der Waals surface area contributed by atoms with Crippen LogP contribution in [-0.4, -0.2) is 4.89 Å². The molecule has 0 fully saturated rings. The van der Waals surface area contributed by atoms with Gasteiger partial charge in [-0.15, -0.1) is 11.3 Å². The van der Waals surface area contributed by atoms with Gasteiger partial charge < -0.3 is 9.42 Å². The van der Waals surface area contributed by atoms with Crippen molar-refractivity contribution in [1.29, 1.82) is 0 Å². The lowest BCUT2D eigenvalue weighted by atomic mass is 10.3. The molecule has 0 bridgehead atoms. The van der Waals surface area contributed by atoms with Crippen molar-refractivity contribution in [2.24, 2.45) is 0 Å². The van der Waals surface area contributed by atoms with Crippen LogP contribution in [0.2, 0.25) is 0 Å². The zero-order valence-corrected chi connectivity index (χ0v) is 10.3. The van der Waals surface area contributed by atoms with Crippen molar-refractivity contribution in [3.05, 3.63) is 47.8 Å². The van der Waals surface area contributed by atoms with Crippen LogP contribution in [0.1, 0.15) is 0 Å². The van der Waals surface area contributed by atoms with E-state index in [1.165, 1.54) is 11.3 Å². The van der Waals surface area contributed by atoms with E-state index in [0.717, 1.165) is 4.62 Å². The Kier molecular flexibility index (Phi) is 3.22. The number of para-hydroxylation sites is 1. The molecule has 1 atom stereocenters. The standard InChI is InChI=1S/C10H9O2PS2/c11-13(14,10-7-4-8-15-10)12-9-5-2-1-3-6-9/h1-8H,(H,11,14). The Morgan fingerprint density at radius 1 is 1.13 bits per heavy atom. The summed E-state index contributed by atoms with van der Waals surface area (Å²) in [5.41, 5.74) is 0. The summed E-state index contributed by atoms with van der Waals surface area (Å²) in [6.45, 7) is -2.87. The quantitative estimate of drug-likeness (QED) is 0.856. The van der Waals surface area contributed by atoms with Crippen LogP contribution in [0.25, 0.3) is 0 Å². The van der Waals surface area contributed by atoms with E-state index in [0.29, 0.717) is 5.75 Å². The average Bonchev–Trinajstić information content (AvgIpc) is 2.71. The molecule has 0 saturated carbocycles. The van der Waals surface area contributed by atoms with Gasteiger partial charge in [-0.05, 0) is 35.4 Å². The van der Waals surface area contributed by atoms with Gasteiger partial charge in [0, 0.05) is 0 Å². The van der Waals surface area contributed by atoms with Gasteiger partial charge in [0.05, 0.1) is 4.62 Å². The first-order valence-electron chi connectivity index (χ1n) is 4.30. The van der Waals surface area contributed by atoms with E-state index in [9.17, 15) is 4.89 Å². The van der Waals surface area contributed by atoms with Crippen LogP contribution in [0.5, 0.6) is 5.75 Å². The van der Waals surface area contributed by atoms with Crippen LogP contribution in [0.15, 0.2) is 47.8 Å². The predicted octanol–water partition coefficient (Wildman–Crippen LogP) is 2.75. The molecule has 78 valence electrons. The Morgan fingerprint density at radius 3 is 2.47 bits per heavy atom. The Labute approximate surface area is 97.3 Å². The highest BCUT2D eigenvalue weighted by Gasteiger charge is 2.19. The summed E-state index contributed by atoms with van der Waals surface area (Å²) < 4.78 is 6.16. The summed E-state index contributed by atoms with van der Waals surface area (Å²) >= 11 is 6.52. The van der Waals surface area contributed by atoms with E-state index in [1.54, 1.807) is 18.2 Å². The molecular formula is C10H9O2PS2. The SMILES string of the molecule is OP(=S)(Oc1ccccc1)c1cccs1. The van der Waals surface area contributed by atoms with E-state index < -0.39 is 6.49 Å². The minimum Gasteiger partial charge on any atom is -0.440 e. The Bertz CT molecular complexity index is 467. The molecule has 1 aromatic carbocycles. The van der Waals surface area contributed by atoms with Crippen LogP contribution in [0.4, 0.5) is 0 Å². The maximum Gasteiger partial charge on any atom is 0.276 e. The number of benzene rings is 1. The number of hydrogen-bond acceptors (Lipinski definition) is 3. The summed E-state index contributed by atoms with van der Waals surface area (Å²) in [4.78, 5) is 10.0. The molecule has 0 spiro atoms. The van der Waals surface area contributed by atoms with Gasteiger partial charge in [-0.2, -0.15) is 0 Å². The molecule has 1 heterocycles. The molecule has 0 amide bonds. The monoisotopic (exact) mass is 256 g/mol. The van der Waals surface area contributed by atoms with Gasteiger partial charge in [-0.1, -0.05) is 24.3 Å².